The largest absolute Gasteiger partial charge is 0.443 e. The van der Waals surface area contributed by atoms with Crippen molar-refractivity contribution in [1.29, 1.82) is 5.26 Å². The molecule has 2 atom stereocenters. The Morgan fingerprint density at radius 2 is 2.19 bits per heavy atom. The highest BCUT2D eigenvalue weighted by Crippen LogP contribution is 2.60. The molecule has 8 heteroatoms. The van der Waals surface area contributed by atoms with Gasteiger partial charge in [0.15, 0.2) is 6.73 Å². The van der Waals surface area contributed by atoms with Gasteiger partial charge < -0.3 is 9.64 Å². The summed E-state index contributed by atoms with van der Waals surface area (Å²) in [4.78, 5) is 39.0. The zero-order valence-electron chi connectivity index (χ0n) is 15.0. The van der Waals surface area contributed by atoms with Gasteiger partial charge in [0.25, 0.3) is 5.91 Å². The SMILES string of the molecule is C#CCN1CC(=O)N(COC(=O)[C@@H]2[C@H](C=C(C#N)SCC)C2(C)C)C1=O. The molecule has 3 amide bonds. The van der Waals surface area contributed by atoms with E-state index in [0.29, 0.717) is 4.91 Å². The first kappa shape index (κ1) is 19.9. The van der Waals surface area contributed by atoms with Crippen LogP contribution in [0.25, 0.3) is 0 Å². The number of amides is 3. The number of carbonyl (C=O) groups excluding carboxylic acids is 3. The van der Waals surface area contributed by atoms with Crippen molar-refractivity contribution in [2.24, 2.45) is 17.3 Å². The van der Waals surface area contributed by atoms with E-state index < -0.39 is 30.6 Å². The fraction of sp³-hybridized carbons (Fsp3) is 0.556. The van der Waals surface area contributed by atoms with Crippen molar-refractivity contribution in [3.8, 4) is 18.4 Å². The summed E-state index contributed by atoms with van der Waals surface area (Å²) in [6, 6.07) is 1.57. The summed E-state index contributed by atoms with van der Waals surface area (Å²) in [7, 11) is 0. The lowest BCUT2D eigenvalue weighted by Crippen LogP contribution is -2.36. The van der Waals surface area contributed by atoms with Crippen LogP contribution in [0.5, 0.6) is 0 Å². The first-order valence-corrected chi connectivity index (χ1v) is 9.20. The molecule has 1 saturated heterocycles. The lowest BCUT2D eigenvalue weighted by molar-refractivity contribution is -0.151. The van der Waals surface area contributed by atoms with Crippen LogP contribution in [0.1, 0.15) is 20.8 Å². The van der Waals surface area contributed by atoms with Crippen molar-refractivity contribution in [2.75, 3.05) is 25.6 Å². The molecule has 2 aliphatic rings. The Kier molecular flexibility index (Phi) is 5.99. The zero-order valence-corrected chi connectivity index (χ0v) is 15.8. The maximum Gasteiger partial charge on any atom is 0.330 e. The number of allylic oxidation sites excluding steroid dienone is 2. The molecular formula is C18H21N3O4S. The van der Waals surface area contributed by atoms with E-state index in [9.17, 15) is 14.4 Å². The van der Waals surface area contributed by atoms with Gasteiger partial charge in [-0.25, -0.2) is 9.69 Å². The fourth-order valence-corrected chi connectivity index (χ4v) is 3.67. The van der Waals surface area contributed by atoms with E-state index in [0.717, 1.165) is 10.7 Å². The Labute approximate surface area is 157 Å². The molecule has 7 nitrogen and oxygen atoms in total. The maximum absolute atomic E-state index is 12.4. The number of hydrogen-bond donors (Lipinski definition) is 0. The number of hydrogen-bond acceptors (Lipinski definition) is 6. The molecule has 1 saturated carbocycles. The van der Waals surface area contributed by atoms with E-state index in [2.05, 4.69) is 12.0 Å². The minimum absolute atomic E-state index is 0.0313. The number of nitrogens with zero attached hydrogens (tertiary/aromatic N) is 3. The number of nitriles is 1. The van der Waals surface area contributed by atoms with Gasteiger partial charge in [0.2, 0.25) is 0 Å². The van der Waals surface area contributed by atoms with E-state index in [1.807, 2.05) is 20.8 Å². The van der Waals surface area contributed by atoms with Crippen LogP contribution in [-0.2, 0) is 14.3 Å². The lowest BCUT2D eigenvalue weighted by Gasteiger charge is -2.15. The summed E-state index contributed by atoms with van der Waals surface area (Å²) >= 11 is 1.43. The lowest BCUT2D eigenvalue weighted by atomic mass is 10.1. The second kappa shape index (κ2) is 7.84. The molecule has 0 aromatic heterocycles. The monoisotopic (exact) mass is 375 g/mol. The van der Waals surface area contributed by atoms with Gasteiger partial charge in [-0.1, -0.05) is 32.8 Å². The van der Waals surface area contributed by atoms with Crippen LogP contribution in [0.2, 0.25) is 0 Å². The fourth-order valence-electron chi connectivity index (χ4n) is 3.05. The first-order valence-electron chi connectivity index (χ1n) is 8.22. The number of thioether (sulfide) groups is 1. The highest BCUT2D eigenvalue weighted by atomic mass is 32.2. The second-order valence-electron chi connectivity index (χ2n) is 6.66. The average Bonchev–Trinajstić information content (AvgIpc) is 3.02. The normalized spacial score (nSPS) is 24.3. The summed E-state index contributed by atoms with van der Waals surface area (Å²) < 4.78 is 5.21. The van der Waals surface area contributed by atoms with Gasteiger partial charge in [0.1, 0.15) is 12.6 Å². The number of esters is 1. The van der Waals surface area contributed by atoms with Crippen LogP contribution in [0.3, 0.4) is 0 Å². The smallest absolute Gasteiger partial charge is 0.330 e. The molecule has 2 rings (SSSR count). The van der Waals surface area contributed by atoms with Crippen LogP contribution in [0, 0.1) is 40.9 Å². The van der Waals surface area contributed by atoms with Crippen molar-refractivity contribution in [3.05, 3.63) is 11.0 Å². The van der Waals surface area contributed by atoms with Crippen molar-refractivity contribution >= 4 is 29.7 Å². The number of imide groups is 1. The second-order valence-corrected chi connectivity index (χ2v) is 7.96. The van der Waals surface area contributed by atoms with Gasteiger partial charge in [0, 0.05) is 0 Å². The molecule has 0 unspecified atom stereocenters. The van der Waals surface area contributed by atoms with Crippen molar-refractivity contribution in [3.63, 3.8) is 0 Å². The molecule has 0 radical (unpaired) electrons. The van der Waals surface area contributed by atoms with Gasteiger partial charge in [0.05, 0.1) is 17.4 Å². The maximum atomic E-state index is 12.4. The first-order chi connectivity index (χ1) is 12.3. The molecule has 1 heterocycles. The molecule has 0 spiro atoms. The van der Waals surface area contributed by atoms with Crippen molar-refractivity contribution in [1.82, 2.24) is 9.80 Å². The third kappa shape index (κ3) is 3.86. The number of terminal acetylenes is 1. The van der Waals surface area contributed by atoms with Gasteiger partial charge in [-0.05, 0) is 17.1 Å². The van der Waals surface area contributed by atoms with Crippen LogP contribution < -0.4 is 0 Å². The number of carbonyl (C=O) groups is 3. The predicted octanol–water partition coefficient (Wildman–Crippen LogP) is 1.82. The van der Waals surface area contributed by atoms with E-state index in [1.54, 1.807) is 6.08 Å². The summed E-state index contributed by atoms with van der Waals surface area (Å²) in [6.45, 7) is 5.30. The third-order valence-corrected chi connectivity index (χ3v) is 5.48. The minimum atomic E-state index is -0.557. The highest BCUT2D eigenvalue weighted by Gasteiger charge is 2.61. The quantitative estimate of drug-likeness (QED) is 0.292. The van der Waals surface area contributed by atoms with Gasteiger partial charge in [-0.2, -0.15) is 5.26 Å². The summed E-state index contributed by atoms with van der Waals surface area (Å²) in [5, 5.41) is 9.15. The topological polar surface area (TPSA) is 90.7 Å². The van der Waals surface area contributed by atoms with Gasteiger partial charge >= 0.3 is 12.0 Å². The molecular weight excluding hydrogens is 354 g/mol. The van der Waals surface area contributed by atoms with E-state index >= 15 is 0 Å². The predicted molar refractivity (Wildman–Crippen MR) is 96.2 cm³/mol. The molecule has 1 aliphatic carbocycles. The Morgan fingerprint density at radius 3 is 2.77 bits per heavy atom. The third-order valence-electron chi connectivity index (χ3n) is 4.65. The number of urea groups is 1. The highest BCUT2D eigenvalue weighted by molar-refractivity contribution is 8.03. The van der Waals surface area contributed by atoms with E-state index in [4.69, 9.17) is 16.4 Å². The van der Waals surface area contributed by atoms with E-state index in [-0.39, 0.29) is 24.4 Å². The summed E-state index contributed by atoms with van der Waals surface area (Å²) in [5.41, 5.74) is -0.331. The molecule has 138 valence electrons. The van der Waals surface area contributed by atoms with Gasteiger partial charge in [-0.15, -0.1) is 18.2 Å². The molecule has 0 bridgehead atoms. The molecule has 0 N–H and O–H groups in total. The van der Waals surface area contributed by atoms with Crippen molar-refractivity contribution in [2.45, 2.75) is 20.8 Å². The standard InChI is InChI=1S/C18H21N3O4S/c1-5-7-20-10-14(22)21(17(20)24)11-25-16(23)15-13(18(15,3)4)8-12(9-19)26-6-2/h1,8,13,15H,6-7,10-11H2,2-4H3/t13-,15-/m0/s1. The molecule has 0 aromatic rings. The van der Waals surface area contributed by atoms with Crippen molar-refractivity contribution < 1.29 is 19.1 Å². The summed E-state index contributed by atoms with van der Waals surface area (Å²) in [5.74, 6) is 1.64. The number of ether oxygens (including phenoxy) is 1. The van der Waals surface area contributed by atoms with Gasteiger partial charge in [-0.3, -0.25) is 9.59 Å². The minimum Gasteiger partial charge on any atom is -0.443 e. The Bertz CT molecular complexity index is 732. The number of rotatable bonds is 7. The average molecular weight is 375 g/mol. The molecule has 26 heavy (non-hydrogen) atoms. The van der Waals surface area contributed by atoms with Crippen LogP contribution >= 0.6 is 11.8 Å². The summed E-state index contributed by atoms with van der Waals surface area (Å²) in [6.07, 6.45) is 6.97. The van der Waals surface area contributed by atoms with Crippen LogP contribution in [0.15, 0.2) is 11.0 Å². The van der Waals surface area contributed by atoms with Crippen LogP contribution in [0.4, 0.5) is 4.79 Å². The van der Waals surface area contributed by atoms with E-state index in [1.165, 1.54) is 16.7 Å². The van der Waals surface area contributed by atoms with Crippen LogP contribution in [-0.4, -0.2) is 53.3 Å². The molecule has 0 aromatic carbocycles. The molecule has 1 aliphatic heterocycles. The Hall–Kier alpha value is -2.45. The Balaban J connectivity index is 1.97. The zero-order chi connectivity index (χ0) is 19.5. The Morgan fingerprint density at radius 1 is 1.50 bits per heavy atom. The molecule has 2 fully saturated rings.